The van der Waals surface area contributed by atoms with Gasteiger partial charge >= 0.3 is 0 Å². The van der Waals surface area contributed by atoms with Crippen LogP contribution in [0.4, 0.5) is 0 Å². The quantitative estimate of drug-likeness (QED) is 0.472. The first-order chi connectivity index (χ1) is 15.6. The maximum atomic E-state index is 13.0. The van der Waals surface area contributed by atoms with Crippen molar-refractivity contribution in [3.8, 4) is 5.75 Å². The summed E-state index contributed by atoms with van der Waals surface area (Å²) in [6, 6.07) is 17.1. The van der Waals surface area contributed by atoms with Crippen molar-refractivity contribution in [2.45, 2.75) is 39.7 Å². The van der Waals surface area contributed by atoms with E-state index < -0.39 is 0 Å². The number of nitrogens with zero attached hydrogens (tertiary/aromatic N) is 3. The molecule has 1 heterocycles. The van der Waals surface area contributed by atoms with E-state index in [4.69, 9.17) is 9.72 Å². The van der Waals surface area contributed by atoms with Crippen LogP contribution in [0.1, 0.15) is 32.5 Å². The number of rotatable bonds is 12. The fourth-order valence-corrected chi connectivity index (χ4v) is 3.66. The maximum absolute atomic E-state index is 13.0. The number of imidazole rings is 1. The second-order valence-electron chi connectivity index (χ2n) is 7.69. The number of benzene rings is 2. The van der Waals surface area contributed by atoms with Gasteiger partial charge in [-0.15, -0.1) is 0 Å². The summed E-state index contributed by atoms with van der Waals surface area (Å²) in [4.78, 5) is 31.8. The van der Waals surface area contributed by atoms with Gasteiger partial charge in [-0.05, 0) is 37.1 Å². The third-order valence-corrected chi connectivity index (χ3v) is 5.15. The molecule has 2 aromatic carbocycles. The summed E-state index contributed by atoms with van der Waals surface area (Å²) in [5, 5.41) is 2.88. The molecule has 3 aromatic rings. The van der Waals surface area contributed by atoms with Crippen molar-refractivity contribution in [1.82, 2.24) is 19.8 Å². The van der Waals surface area contributed by atoms with Crippen LogP contribution in [-0.4, -0.2) is 52.5 Å². The van der Waals surface area contributed by atoms with Crippen LogP contribution in [0, 0.1) is 0 Å². The molecule has 0 unspecified atom stereocenters. The number of nitrogens with one attached hydrogen (secondary N) is 1. The highest BCUT2D eigenvalue weighted by atomic mass is 16.5. The van der Waals surface area contributed by atoms with E-state index in [0.717, 1.165) is 42.8 Å². The van der Waals surface area contributed by atoms with Crippen molar-refractivity contribution in [2.75, 3.05) is 26.2 Å². The Balaban J connectivity index is 1.63. The molecule has 7 nitrogen and oxygen atoms in total. The molecule has 1 aromatic heterocycles. The normalized spacial score (nSPS) is 10.8. The Morgan fingerprint density at radius 1 is 1.00 bits per heavy atom. The predicted octanol–water partition coefficient (Wildman–Crippen LogP) is 3.42. The van der Waals surface area contributed by atoms with Crippen molar-refractivity contribution in [3.05, 3.63) is 60.4 Å². The van der Waals surface area contributed by atoms with Crippen LogP contribution in [0.25, 0.3) is 11.0 Å². The van der Waals surface area contributed by atoms with Gasteiger partial charge in [-0.2, -0.15) is 0 Å². The van der Waals surface area contributed by atoms with Crippen LogP contribution in [0.2, 0.25) is 0 Å². The number of amides is 2. The van der Waals surface area contributed by atoms with Crippen molar-refractivity contribution in [2.24, 2.45) is 0 Å². The number of carbonyl (C=O) groups excluding carboxylic acids is 2. The number of ether oxygens (including phenoxy) is 1. The third-order valence-electron chi connectivity index (χ3n) is 5.15. The zero-order valence-electron chi connectivity index (χ0n) is 18.9. The average Bonchev–Trinajstić information content (AvgIpc) is 3.15. The lowest BCUT2D eigenvalue weighted by atomic mass is 10.3. The van der Waals surface area contributed by atoms with E-state index in [9.17, 15) is 9.59 Å². The van der Waals surface area contributed by atoms with Crippen LogP contribution in [-0.2, 0) is 22.6 Å². The minimum Gasteiger partial charge on any atom is -0.484 e. The number of para-hydroxylation sites is 3. The van der Waals surface area contributed by atoms with Crippen LogP contribution in [0.3, 0.4) is 0 Å². The molecular weight excluding hydrogens is 404 g/mol. The topological polar surface area (TPSA) is 76.5 Å². The van der Waals surface area contributed by atoms with Gasteiger partial charge in [0.1, 0.15) is 18.1 Å². The van der Waals surface area contributed by atoms with Crippen molar-refractivity contribution >= 4 is 22.8 Å². The van der Waals surface area contributed by atoms with Gasteiger partial charge in [-0.1, -0.05) is 44.2 Å². The minimum absolute atomic E-state index is 0.0398. The Morgan fingerprint density at radius 3 is 2.41 bits per heavy atom. The number of hydrogen-bond acceptors (Lipinski definition) is 4. The molecule has 170 valence electrons. The smallest absolute Gasteiger partial charge is 0.257 e. The van der Waals surface area contributed by atoms with Gasteiger partial charge in [0.25, 0.3) is 5.91 Å². The highest BCUT2D eigenvalue weighted by Gasteiger charge is 2.17. The van der Waals surface area contributed by atoms with Gasteiger partial charge < -0.3 is 19.5 Å². The Morgan fingerprint density at radius 2 is 1.69 bits per heavy atom. The first-order valence-electron chi connectivity index (χ1n) is 11.3. The molecule has 0 saturated carbocycles. The summed E-state index contributed by atoms with van der Waals surface area (Å²) >= 11 is 0. The van der Waals surface area contributed by atoms with E-state index in [1.807, 2.05) is 64.1 Å². The Hall–Kier alpha value is -3.35. The average molecular weight is 437 g/mol. The van der Waals surface area contributed by atoms with E-state index in [1.54, 1.807) is 0 Å². The fourth-order valence-electron chi connectivity index (χ4n) is 3.66. The Labute approximate surface area is 189 Å². The van der Waals surface area contributed by atoms with Gasteiger partial charge in [-0.3, -0.25) is 9.59 Å². The molecule has 0 fully saturated rings. The van der Waals surface area contributed by atoms with Gasteiger partial charge in [0.05, 0.1) is 11.0 Å². The van der Waals surface area contributed by atoms with E-state index in [2.05, 4.69) is 19.2 Å². The van der Waals surface area contributed by atoms with Crippen LogP contribution >= 0.6 is 0 Å². The van der Waals surface area contributed by atoms with E-state index >= 15 is 0 Å². The van der Waals surface area contributed by atoms with Crippen LogP contribution in [0.15, 0.2) is 54.6 Å². The van der Waals surface area contributed by atoms with Gasteiger partial charge in [0, 0.05) is 26.1 Å². The first-order valence-corrected chi connectivity index (χ1v) is 11.3. The lowest BCUT2D eigenvalue weighted by molar-refractivity contribution is -0.132. The summed E-state index contributed by atoms with van der Waals surface area (Å²) < 4.78 is 7.46. The number of carbonyl (C=O) groups is 2. The Kier molecular flexibility index (Phi) is 8.66. The molecule has 0 aliphatic heterocycles. The molecule has 1 N–H and O–H groups in total. The third kappa shape index (κ3) is 6.33. The number of fused-ring (bicyclic) bond motifs is 1. The second kappa shape index (κ2) is 11.9. The fraction of sp³-hybridized carbons (Fsp3) is 0.400. The molecule has 0 radical (unpaired) electrons. The largest absolute Gasteiger partial charge is 0.484 e. The molecule has 3 rings (SSSR count). The van der Waals surface area contributed by atoms with Gasteiger partial charge in [0.15, 0.2) is 6.61 Å². The Bertz CT molecular complexity index is 1010. The zero-order chi connectivity index (χ0) is 22.8. The molecule has 2 amide bonds. The molecule has 0 saturated heterocycles. The molecular formula is C25H32N4O3. The number of hydrogen-bond donors (Lipinski definition) is 1. The summed E-state index contributed by atoms with van der Waals surface area (Å²) in [7, 11) is 0. The summed E-state index contributed by atoms with van der Waals surface area (Å²) in [6.07, 6.45) is 2.39. The monoisotopic (exact) mass is 436 g/mol. The molecule has 0 spiro atoms. The minimum atomic E-state index is -0.190. The van der Waals surface area contributed by atoms with Crippen molar-refractivity contribution < 1.29 is 14.3 Å². The highest BCUT2D eigenvalue weighted by molar-refractivity contribution is 5.81. The van der Waals surface area contributed by atoms with Crippen molar-refractivity contribution in [3.63, 3.8) is 0 Å². The summed E-state index contributed by atoms with van der Waals surface area (Å²) in [6.45, 7) is 6.31. The van der Waals surface area contributed by atoms with Gasteiger partial charge in [0.2, 0.25) is 5.91 Å². The molecule has 32 heavy (non-hydrogen) atoms. The lowest BCUT2D eigenvalue weighted by Crippen LogP contribution is -2.36. The SMILES string of the molecule is CCCN(CCC)C(=O)Cn1c(CCNC(=O)COc2ccccc2)nc2ccccc21. The van der Waals surface area contributed by atoms with Crippen LogP contribution in [0.5, 0.6) is 5.75 Å². The second-order valence-corrected chi connectivity index (χ2v) is 7.69. The summed E-state index contributed by atoms with van der Waals surface area (Å²) in [5.74, 6) is 1.35. The predicted molar refractivity (Wildman–Crippen MR) is 126 cm³/mol. The summed E-state index contributed by atoms with van der Waals surface area (Å²) in [5.41, 5.74) is 1.79. The molecule has 7 heteroatoms. The highest BCUT2D eigenvalue weighted by Crippen LogP contribution is 2.17. The van der Waals surface area contributed by atoms with E-state index in [1.165, 1.54) is 0 Å². The first kappa shape index (κ1) is 23.3. The lowest BCUT2D eigenvalue weighted by Gasteiger charge is -2.22. The van der Waals surface area contributed by atoms with Crippen molar-refractivity contribution in [1.29, 1.82) is 0 Å². The zero-order valence-corrected chi connectivity index (χ0v) is 18.9. The maximum Gasteiger partial charge on any atom is 0.257 e. The van der Waals surface area contributed by atoms with E-state index in [-0.39, 0.29) is 25.0 Å². The standard InChI is InChI=1S/C25H32N4O3/c1-3-16-28(17-4-2)25(31)18-29-22-13-9-8-12-21(22)27-23(29)14-15-26-24(30)19-32-20-10-6-5-7-11-20/h5-13H,3-4,14-19H2,1-2H3,(H,26,30). The molecule has 0 atom stereocenters. The van der Waals surface area contributed by atoms with Gasteiger partial charge in [-0.25, -0.2) is 4.98 Å². The molecule has 0 aliphatic carbocycles. The molecule has 0 bridgehead atoms. The van der Waals surface area contributed by atoms with Crippen LogP contribution < -0.4 is 10.1 Å². The number of aromatic nitrogens is 2. The van der Waals surface area contributed by atoms with E-state index in [0.29, 0.717) is 18.7 Å². The molecule has 0 aliphatic rings.